The van der Waals surface area contributed by atoms with Gasteiger partial charge in [-0.3, -0.25) is 4.79 Å². The second-order valence-electron chi connectivity index (χ2n) is 10.6. The van der Waals surface area contributed by atoms with E-state index in [0.717, 1.165) is 29.3 Å². The van der Waals surface area contributed by atoms with E-state index in [1.807, 2.05) is 54.6 Å². The Morgan fingerprint density at radius 2 is 1.74 bits per heavy atom. The molecule has 2 unspecified atom stereocenters. The van der Waals surface area contributed by atoms with Crippen molar-refractivity contribution in [1.29, 1.82) is 0 Å². The molecule has 1 aliphatic rings. The SMILES string of the molecule is Cc1ccc(CCC[Si](C)(C)c2ccc(C(N=[N+]=[N-])C(=O)N3C(=O)OCC3Cc3ccccc3)cc2)cc1. The van der Waals surface area contributed by atoms with E-state index in [9.17, 15) is 15.1 Å². The number of amides is 2. The van der Waals surface area contributed by atoms with Crippen LogP contribution in [0.25, 0.3) is 10.4 Å². The lowest BCUT2D eigenvalue weighted by Gasteiger charge is -2.25. The molecule has 1 fully saturated rings. The zero-order chi connectivity index (χ0) is 27.1. The fraction of sp³-hybridized carbons (Fsp3) is 0.333. The van der Waals surface area contributed by atoms with E-state index in [1.54, 1.807) is 0 Å². The van der Waals surface area contributed by atoms with Gasteiger partial charge in [-0.1, -0.05) is 120 Å². The Balaban J connectivity index is 1.45. The molecule has 0 saturated carbocycles. The van der Waals surface area contributed by atoms with Crippen LogP contribution in [0.5, 0.6) is 0 Å². The molecule has 0 radical (unpaired) electrons. The van der Waals surface area contributed by atoms with Gasteiger partial charge >= 0.3 is 6.09 Å². The van der Waals surface area contributed by atoms with Crippen molar-refractivity contribution in [3.8, 4) is 0 Å². The molecule has 8 heteroatoms. The molecule has 196 valence electrons. The highest BCUT2D eigenvalue weighted by Crippen LogP contribution is 2.27. The highest BCUT2D eigenvalue weighted by molar-refractivity contribution is 6.89. The standard InChI is InChI=1S/C30H34N4O3Si/c1-22-11-13-23(14-12-22)10-7-19-38(2,3)27-17-15-25(16-18-27)28(32-33-31)29(35)34-26(21-37-30(34)36)20-24-8-5-4-6-9-24/h4-6,8-9,11-18,26,28H,7,10,19-21H2,1-3H3. The van der Waals surface area contributed by atoms with Gasteiger partial charge in [0.25, 0.3) is 0 Å². The summed E-state index contributed by atoms with van der Waals surface area (Å²) in [5.74, 6) is -0.561. The smallest absolute Gasteiger partial charge is 0.417 e. The minimum Gasteiger partial charge on any atom is -0.447 e. The van der Waals surface area contributed by atoms with Gasteiger partial charge in [0.2, 0.25) is 5.91 Å². The maximum absolute atomic E-state index is 13.5. The number of nitrogens with zero attached hydrogens (tertiary/aromatic N) is 4. The molecule has 2 amide bonds. The van der Waals surface area contributed by atoms with Gasteiger partial charge in [-0.15, -0.1) is 0 Å². The van der Waals surface area contributed by atoms with E-state index in [2.05, 4.69) is 54.3 Å². The molecule has 1 saturated heterocycles. The largest absolute Gasteiger partial charge is 0.447 e. The first-order valence-electron chi connectivity index (χ1n) is 13.0. The average molecular weight is 527 g/mol. The molecule has 2 atom stereocenters. The predicted octanol–water partition coefficient (Wildman–Crippen LogP) is 6.48. The number of carbonyl (C=O) groups is 2. The number of benzene rings is 3. The third kappa shape index (κ3) is 6.51. The van der Waals surface area contributed by atoms with Crippen LogP contribution >= 0.6 is 0 Å². The highest BCUT2D eigenvalue weighted by Gasteiger charge is 2.41. The number of ether oxygens (including phenoxy) is 1. The van der Waals surface area contributed by atoms with Gasteiger partial charge in [-0.2, -0.15) is 0 Å². The number of aryl methyl sites for hydroxylation is 2. The normalized spacial score (nSPS) is 16.0. The maximum atomic E-state index is 13.5. The Bertz CT molecular complexity index is 1300. The van der Waals surface area contributed by atoms with Crippen LogP contribution in [-0.2, 0) is 22.4 Å². The van der Waals surface area contributed by atoms with E-state index in [1.165, 1.54) is 16.3 Å². The summed E-state index contributed by atoms with van der Waals surface area (Å²) in [6.45, 7) is 6.91. The average Bonchev–Trinajstić information content (AvgIpc) is 3.28. The monoisotopic (exact) mass is 526 g/mol. The summed E-state index contributed by atoms with van der Waals surface area (Å²) in [4.78, 5) is 30.0. The number of hydrogen-bond donors (Lipinski definition) is 0. The molecule has 4 rings (SSSR count). The van der Waals surface area contributed by atoms with Crippen LogP contribution < -0.4 is 5.19 Å². The van der Waals surface area contributed by atoms with Gasteiger partial charge in [0.1, 0.15) is 12.6 Å². The number of carbonyl (C=O) groups excluding carboxylic acids is 2. The second kappa shape index (κ2) is 12.1. The molecule has 7 nitrogen and oxygen atoms in total. The van der Waals surface area contributed by atoms with Crippen LogP contribution in [-0.4, -0.2) is 37.6 Å². The summed E-state index contributed by atoms with van der Waals surface area (Å²) in [5.41, 5.74) is 13.4. The van der Waals surface area contributed by atoms with Crippen LogP contribution in [0.2, 0.25) is 19.1 Å². The summed E-state index contributed by atoms with van der Waals surface area (Å²) in [7, 11) is -1.71. The molecule has 0 aromatic heterocycles. The minimum absolute atomic E-state index is 0.115. The van der Waals surface area contributed by atoms with Crippen LogP contribution in [0.15, 0.2) is 84.0 Å². The topological polar surface area (TPSA) is 95.4 Å². The molecule has 0 N–H and O–H groups in total. The minimum atomic E-state index is -1.71. The molecule has 0 bridgehead atoms. The molecule has 3 aromatic rings. The number of rotatable bonds is 10. The van der Waals surface area contributed by atoms with Crippen molar-refractivity contribution in [2.24, 2.45) is 5.11 Å². The highest BCUT2D eigenvalue weighted by atomic mass is 28.3. The quantitative estimate of drug-likeness (QED) is 0.131. The van der Waals surface area contributed by atoms with Crippen molar-refractivity contribution >= 4 is 25.3 Å². The second-order valence-corrected chi connectivity index (χ2v) is 15.4. The lowest BCUT2D eigenvalue weighted by Crippen LogP contribution is -2.43. The van der Waals surface area contributed by atoms with E-state index < -0.39 is 32.2 Å². The lowest BCUT2D eigenvalue weighted by molar-refractivity contribution is -0.130. The maximum Gasteiger partial charge on any atom is 0.417 e. The van der Waals surface area contributed by atoms with Gasteiger partial charge in [-0.25, -0.2) is 9.69 Å². The van der Waals surface area contributed by atoms with E-state index in [0.29, 0.717) is 12.0 Å². The molecule has 0 aliphatic carbocycles. The fourth-order valence-electron chi connectivity index (χ4n) is 4.96. The third-order valence-electron chi connectivity index (χ3n) is 7.31. The number of hydrogen-bond acceptors (Lipinski definition) is 4. The number of imide groups is 1. The van der Waals surface area contributed by atoms with Crippen molar-refractivity contribution in [2.45, 2.75) is 57.4 Å². The molecule has 38 heavy (non-hydrogen) atoms. The summed E-state index contributed by atoms with van der Waals surface area (Å²) < 4.78 is 5.21. The molecular formula is C30H34N4O3Si. The van der Waals surface area contributed by atoms with Crippen molar-refractivity contribution in [3.63, 3.8) is 0 Å². The van der Waals surface area contributed by atoms with Gasteiger partial charge in [-0.05, 0) is 42.0 Å². The van der Waals surface area contributed by atoms with Gasteiger partial charge in [0.05, 0.1) is 14.1 Å². The molecule has 1 aliphatic heterocycles. The first-order valence-corrected chi connectivity index (χ1v) is 16.2. The summed E-state index contributed by atoms with van der Waals surface area (Å²) in [6, 6.07) is 25.7. The number of azide groups is 1. The number of cyclic esters (lactones) is 1. The molecule has 1 heterocycles. The summed E-state index contributed by atoms with van der Waals surface area (Å²) in [6.07, 6.45) is 1.94. The Labute approximate surface area is 225 Å². The molecule has 3 aromatic carbocycles. The Morgan fingerprint density at radius 1 is 1.05 bits per heavy atom. The van der Waals surface area contributed by atoms with Crippen molar-refractivity contribution in [3.05, 3.63) is 112 Å². The fourth-order valence-corrected chi connectivity index (χ4v) is 7.38. The van der Waals surface area contributed by atoms with Gasteiger partial charge in [0.15, 0.2) is 0 Å². The van der Waals surface area contributed by atoms with Gasteiger partial charge in [0, 0.05) is 4.91 Å². The Morgan fingerprint density at radius 3 is 2.39 bits per heavy atom. The zero-order valence-electron chi connectivity index (χ0n) is 22.2. The van der Waals surface area contributed by atoms with Crippen LogP contribution in [0, 0.1) is 6.92 Å². The van der Waals surface area contributed by atoms with Crippen molar-refractivity contribution in [1.82, 2.24) is 4.90 Å². The molecule has 0 spiro atoms. The Kier molecular flexibility index (Phi) is 8.66. The summed E-state index contributed by atoms with van der Waals surface area (Å²) >= 11 is 0. The van der Waals surface area contributed by atoms with E-state index in [4.69, 9.17) is 4.74 Å². The first kappa shape index (κ1) is 27.2. The van der Waals surface area contributed by atoms with Gasteiger partial charge < -0.3 is 4.74 Å². The molecular weight excluding hydrogens is 492 g/mol. The van der Waals surface area contributed by atoms with Crippen molar-refractivity contribution in [2.75, 3.05) is 6.61 Å². The van der Waals surface area contributed by atoms with Crippen LogP contribution in [0.4, 0.5) is 4.79 Å². The van der Waals surface area contributed by atoms with Crippen molar-refractivity contribution < 1.29 is 14.3 Å². The zero-order valence-corrected chi connectivity index (χ0v) is 23.2. The summed E-state index contributed by atoms with van der Waals surface area (Å²) in [5, 5.41) is 5.07. The predicted molar refractivity (Wildman–Crippen MR) is 152 cm³/mol. The first-order chi connectivity index (χ1) is 18.3. The van der Waals surface area contributed by atoms with Crippen LogP contribution in [0.1, 0.15) is 34.7 Å². The van der Waals surface area contributed by atoms with E-state index >= 15 is 0 Å². The Hall–Kier alpha value is -3.87. The van der Waals surface area contributed by atoms with Crippen LogP contribution in [0.3, 0.4) is 0 Å². The third-order valence-corrected chi connectivity index (χ3v) is 10.8. The lowest BCUT2D eigenvalue weighted by atomic mass is 10.0. The van der Waals surface area contributed by atoms with E-state index in [-0.39, 0.29) is 6.61 Å².